The van der Waals surface area contributed by atoms with Crippen LogP contribution in [0.25, 0.3) is 0 Å². The summed E-state index contributed by atoms with van der Waals surface area (Å²) in [5.41, 5.74) is 8.74. The predicted molar refractivity (Wildman–Crippen MR) is 70.5 cm³/mol. The number of fused-ring (bicyclic) bond motifs is 1. The number of hydrogen-bond donors (Lipinski definition) is 1. The highest BCUT2D eigenvalue weighted by molar-refractivity contribution is 5.49. The molecule has 1 aromatic carbocycles. The van der Waals surface area contributed by atoms with E-state index in [-0.39, 0.29) is 5.82 Å². The molecule has 0 saturated heterocycles. The molecule has 0 aliphatic heterocycles. The first-order valence-electron chi connectivity index (χ1n) is 6.21. The number of hydrogen-bond acceptors (Lipinski definition) is 3. The summed E-state index contributed by atoms with van der Waals surface area (Å²) in [6.07, 6.45) is 4.46. The smallest absolute Gasteiger partial charge is 0.141 e. The number of benzene rings is 1. The minimum atomic E-state index is -0.682. The highest BCUT2D eigenvalue weighted by Crippen LogP contribution is 2.41. The third kappa shape index (κ3) is 1.88. The fourth-order valence-electron chi connectivity index (χ4n) is 2.74. The number of nitrogens with zero attached hydrogens (tertiary/aromatic N) is 1. The van der Waals surface area contributed by atoms with Gasteiger partial charge in [0, 0.05) is 6.20 Å². The van der Waals surface area contributed by atoms with Gasteiger partial charge in [0.25, 0.3) is 0 Å². The lowest BCUT2D eigenvalue weighted by atomic mass is 9.86. The second-order valence-electron chi connectivity index (χ2n) is 4.89. The molecule has 0 fully saturated rings. The van der Waals surface area contributed by atoms with Gasteiger partial charge in [-0.15, -0.1) is 0 Å². The average Bonchev–Trinajstić information content (AvgIpc) is 2.77. The van der Waals surface area contributed by atoms with Crippen molar-refractivity contribution in [1.82, 2.24) is 4.98 Å². The maximum atomic E-state index is 13.4. The SMILES string of the molecule is COc1ccc2c(c1)C(N)(c1cncc(F)c1)CC2. The van der Waals surface area contributed by atoms with E-state index in [4.69, 9.17) is 10.5 Å². The number of nitrogens with two attached hydrogens (primary N) is 1. The van der Waals surface area contributed by atoms with Crippen LogP contribution in [-0.4, -0.2) is 12.1 Å². The fraction of sp³-hybridized carbons (Fsp3) is 0.267. The van der Waals surface area contributed by atoms with Gasteiger partial charge in [-0.1, -0.05) is 6.07 Å². The molecule has 1 aliphatic rings. The normalized spacial score (nSPS) is 21.2. The molecular weight excluding hydrogens is 243 g/mol. The summed E-state index contributed by atoms with van der Waals surface area (Å²) in [5, 5.41) is 0. The topological polar surface area (TPSA) is 48.1 Å². The molecule has 2 aromatic rings. The average molecular weight is 258 g/mol. The predicted octanol–water partition coefficient (Wildman–Crippen LogP) is 2.38. The fourth-order valence-corrected chi connectivity index (χ4v) is 2.74. The summed E-state index contributed by atoms with van der Waals surface area (Å²) in [6.45, 7) is 0. The van der Waals surface area contributed by atoms with Crippen molar-refractivity contribution in [2.24, 2.45) is 5.73 Å². The minimum Gasteiger partial charge on any atom is -0.497 e. The second-order valence-corrected chi connectivity index (χ2v) is 4.89. The summed E-state index contributed by atoms with van der Waals surface area (Å²) in [4.78, 5) is 3.90. The molecule has 1 heterocycles. The molecule has 98 valence electrons. The Labute approximate surface area is 111 Å². The summed E-state index contributed by atoms with van der Waals surface area (Å²) in [6, 6.07) is 7.35. The van der Waals surface area contributed by atoms with E-state index < -0.39 is 5.54 Å². The van der Waals surface area contributed by atoms with Crippen LogP contribution < -0.4 is 10.5 Å². The Balaban J connectivity index is 2.13. The van der Waals surface area contributed by atoms with Crippen LogP contribution >= 0.6 is 0 Å². The van der Waals surface area contributed by atoms with Gasteiger partial charge in [-0.2, -0.15) is 0 Å². The van der Waals surface area contributed by atoms with Gasteiger partial charge in [0.2, 0.25) is 0 Å². The van der Waals surface area contributed by atoms with E-state index in [1.807, 2.05) is 18.2 Å². The monoisotopic (exact) mass is 258 g/mol. The number of pyridine rings is 1. The van der Waals surface area contributed by atoms with E-state index in [1.54, 1.807) is 13.3 Å². The van der Waals surface area contributed by atoms with E-state index in [0.29, 0.717) is 5.56 Å². The van der Waals surface area contributed by atoms with E-state index in [9.17, 15) is 4.39 Å². The molecule has 0 saturated carbocycles. The molecular formula is C15H15FN2O. The molecule has 0 spiro atoms. The zero-order valence-electron chi connectivity index (χ0n) is 10.7. The van der Waals surface area contributed by atoms with Crippen LogP contribution in [0.2, 0.25) is 0 Å². The van der Waals surface area contributed by atoms with Crippen LogP contribution in [0.1, 0.15) is 23.1 Å². The third-order valence-electron chi connectivity index (χ3n) is 3.81. The van der Waals surface area contributed by atoms with Gasteiger partial charge in [-0.05, 0) is 47.7 Å². The molecule has 4 heteroatoms. The van der Waals surface area contributed by atoms with Gasteiger partial charge in [0.15, 0.2) is 0 Å². The van der Waals surface area contributed by atoms with E-state index in [0.717, 1.165) is 24.2 Å². The van der Waals surface area contributed by atoms with Crippen LogP contribution in [0.4, 0.5) is 4.39 Å². The Morgan fingerprint density at radius 1 is 1.32 bits per heavy atom. The number of ether oxygens (including phenoxy) is 1. The molecule has 2 N–H and O–H groups in total. The lowest BCUT2D eigenvalue weighted by Gasteiger charge is -2.26. The Morgan fingerprint density at radius 2 is 2.16 bits per heavy atom. The maximum absolute atomic E-state index is 13.4. The molecule has 19 heavy (non-hydrogen) atoms. The maximum Gasteiger partial charge on any atom is 0.141 e. The molecule has 3 rings (SSSR count). The summed E-state index contributed by atoms with van der Waals surface area (Å²) in [5.74, 6) is 0.401. The van der Waals surface area contributed by atoms with Crippen molar-refractivity contribution in [3.05, 3.63) is 59.2 Å². The number of halogens is 1. The van der Waals surface area contributed by atoms with E-state index in [2.05, 4.69) is 4.98 Å². The van der Waals surface area contributed by atoms with Crippen LogP contribution in [0.3, 0.4) is 0 Å². The van der Waals surface area contributed by atoms with Crippen LogP contribution in [0.15, 0.2) is 36.7 Å². The zero-order chi connectivity index (χ0) is 13.5. The third-order valence-corrected chi connectivity index (χ3v) is 3.81. The molecule has 1 aromatic heterocycles. The van der Waals surface area contributed by atoms with Crippen molar-refractivity contribution >= 4 is 0 Å². The number of rotatable bonds is 2. The number of aromatic nitrogens is 1. The zero-order valence-corrected chi connectivity index (χ0v) is 10.7. The molecule has 0 amide bonds. The first-order valence-corrected chi connectivity index (χ1v) is 6.21. The van der Waals surface area contributed by atoms with Crippen LogP contribution in [-0.2, 0) is 12.0 Å². The summed E-state index contributed by atoms with van der Waals surface area (Å²) < 4.78 is 18.6. The Bertz CT molecular complexity index is 629. The molecule has 1 aliphatic carbocycles. The first-order chi connectivity index (χ1) is 9.13. The number of aryl methyl sites for hydroxylation is 1. The molecule has 0 bridgehead atoms. The molecule has 3 nitrogen and oxygen atoms in total. The van der Waals surface area contributed by atoms with Crippen molar-refractivity contribution in [2.45, 2.75) is 18.4 Å². The summed E-state index contributed by atoms with van der Waals surface area (Å²) >= 11 is 0. The number of methoxy groups -OCH3 is 1. The Hall–Kier alpha value is -1.94. The summed E-state index contributed by atoms with van der Waals surface area (Å²) in [7, 11) is 1.62. The molecule has 1 atom stereocenters. The van der Waals surface area contributed by atoms with Gasteiger partial charge in [-0.25, -0.2) is 4.39 Å². The second kappa shape index (κ2) is 4.31. The van der Waals surface area contributed by atoms with E-state index in [1.165, 1.54) is 17.8 Å². The van der Waals surface area contributed by atoms with Gasteiger partial charge < -0.3 is 10.5 Å². The van der Waals surface area contributed by atoms with Crippen molar-refractivity contribution in [3.63, 3.8) is 0 Å². The van der Waals surface area contributed by atoms with Crippen molar-refractivity contribution in [2.75, 3.05) is 7.11 Å². The lowest BCUT2D eigenvalue weighted by Crippen LogP contribution is -2.35. The standard InChI is InChI=1S/C15H15FN2O/c1-19-13-3-2-10-4-5-15(17,14(10)7-13)11-6-12(16)9-18-8-11/h2-3,6-9H,4-5,17H2,1H3. The van der Waals surface area contributed by atoms with Crippen molar-refractivity contribution < 1.29 is 9.13 Å². The highest BCUT2D eigenvalue weighted by Gasteiger charge is 2.37. The Morgan fingerprint density at radius 3 is 2.89 bits per heavy atom. The highest BCUT2D eigenvalue weighted by atomic mass is 19.1. The van der Waals surface area contributed by atoms with Crippen molar-refractivity contribution in [1.29, 1.82) is 0 Å². The quantitative estimate of drug-likeness (QED) is 0.899. The van der Waals surface area contributed by atoms with Crippen LogP contribution in [0.5, 0.6) is 5.75 Å². The molecule has 0 radical (unpaired) electrons. The largest absolute Gasteiger partial charge is 0.497 e. The van der Waals surface area contributed by atoms with Gasteiger partial charge >= 0.3 is 0 Å². The van der Waals surface area contributed by atoms with Crippen molar-refractivity contribution in [3.8, 4) is 5.75 Å². The minimum absolute atomic E-state index is 0.362. The van der Waals surface area contributed by atoms with Crippen LogP contribution in [0, 0.1) is 5.82 Å². The lowest BCUT2D eigenvalue weighted by molar-refractivity contribution is 0.412. The van der Waals surface area contributed by atoms with Gasteiger partial charge in [0.05, 0.1) is 18.8 Å². The van der Waals surface area contributed by atoms with Gasteiger partial charge in [0.1, 0.15) is 11.6 Å². The molecule has 1 unspecified atom stereocenters. The Kier molecular flexibility index (Phi) is 2.75. The van der Waals surface area contributed by atoms with Gasteiger partial charge in [-0.3, -0.25) is 4.98 Å². The van der Waals surface area contributed by atoms with E-state index >= 15 is 0 Å². The first kappa shape index (κ1) is 12.1.